The van der Waals surface area contributed by atoms with E-state index < -0.39 is 0 Å². The van der Waals surface area contributed by atoms with E-state index in [9.17, 15) is 9.18 Å². The van der Waals surface area contributed by atoms with Crippen LogP contribution in [0.5, 0.6) is 0 Å². The molecule has 0 aromatic heterocycles. The van der Waals surface area contributed by atoms with Gasteiger partial charge >= 0.3 is 0 Å². The minimum Gasteiger partial charge on any atom is -0.313 e. The molecule has 0 radical (unpaired) electrons. The molecule has 0 bridgehead atoms. The smallest absolute Gasteiger partial charge is 0.176 e. The molecule has 82 valence electrons. The van der Waals surface area contributed by atoms with Crippen molar-refractivity contribution in [2.75, 3.05) is 20.3 Å². The summed E-state index contributed by atoms with van der Waals surface area (Å²) in [7, 11) is 1.74. The number of halogens is 1. The van der Waals surface area contributed by atoms with Gasteiger partial charge in [0.05, 0.1) is 13.2 Å². The molecule has 0 aliphatic heterocycles. The van der Waals surface area contributed by atoms with Gasteiger partial charge in [-0.3, -0.25) is 9.18 Å². The van der Waals surface area contributed by atoms with E-state index in [4.69, 9.17) is 0 Å². The number of nitrogens with one attached hydrogen (secondary N) is 1. The van der Waals surface area contributed by atoms with Crippen molar-refractivity contribution in [1.29, 1.82) is 0 Å². The van der Waals surface area contributed by atoms with Gasteiger partial charge in [-0.2, -0.15) is 0 Å². The highest BCUT2D eigenvalue weighted by molar-refractivity contribution is 5.97. The van der Waals surface area contributed by atoms with Crippen molar-refractivity contribution in [3.8, 4) is 0 Å². The van der Waals surface area contributed by atoms with E-state index in [0.29, 0.717) is 18.5 Å². The fourth-order valence-electron chi connectivity index (χ4n) is 1.39. The molecule has 0 saturated carbocycles. The van der Waals surface area contributed by atoms with Crippen LogP contribution in [0.4, 0.5) is 4.39 Å². The van der Waals surface area contributed by atoms with Crippen LogP contribution in [0.25, 0.3) is 0 Å². The molecular weight excluding hydrogens is 193 g/mol. The lowest BCUT2D eigenvalue weighted by Gasteiger charge is -2.02. The molecule has 1 N–H and O–H groups in total. The number of hydrogen-bond acceptors (Lipinski definition) is 2. The second-order valence-electron chi connectivity index (χ2n) is 3.44. The molecule has 1 aromatic rings. The summed E-state index contributed by atoms with van der Waals surface area (Å²) >= 11 is 0. The predicted molar refractivity (Wildman–Crippen MR) is 59.0 cm³/mol. The average Bonchev–Trinajstić information content (AvgIpc) is 2.27. The van der Waals surface area contributed by atoms with Crippen LogP contribution < -0.4 is 5.32 Å². The van der Waals surface area contributed by atoms with Crippen LogP contribution in [0.1, 0.15) is 22.3 Å². The summed E-state index contributed by atoms with van der Waals surface area (Å²) in [6.07, 6.45) is 1.28. The van der Waals surface area contributed by atoms with Crippen molar-refractivity contribution >= 4 is 5.78 Å². The summed E-state index contributed by atoms with van der Waals surface area (Å²) in [5.74, 6) is 0.0783. The maximum Gasteiger partial charge on any atom is 0.176 e. The van der Waals surface area contributed by atoms with E-state index in [1.54, 1.807) is 19.2 Å². The van der Waals surface area contributed by atoms with Gasteiger partial charge in [-0.1, -0.05) is 24.3 Å². The van der Waals surface area contributed by atoms with Crippen LogP contribution in [-0.4, -0.2) is 26.1 Å². The number of hydrogen-bond donors (Lipinski definition) is 1. The highest BCUT2D eigenvalue weighted by Gasteiger charge is 2.03. The van der Waals surface area contributed by atoms with Crippen LogP contribution >= 0.6 is 0 Å². The van der Waals surface area contributed by atoms with Crippen LogP contribution in [-0.2, 0) is 6.42 Å². The van der Waals surface area contributed by atoms with Gasteiger partial charge in [-0.15, -0.1) is 0 Å². The molecule has 0 spiro atoms. The Balaban J connectivity index is 2.59. The number of ketones is 1. The Morgan fingerprint density at radius 3 is 2.53 bits per heavy atom. The van der Waals surface area contributed by atoms with E-state index in [1.807, 2.05) is 12.1 Å². The number of benzene rings is 1. The average molecular weight is 209 g/mol. The molecule has 0 amide bonds. The van der Waals surface area contributed by atoms with Crippen molar-refractivity contribution in [3.05, 3.63) is 35.4 Å². The number of carbonyl (C=O) groups is 1. The monoisotopic (exact) mass is 209 g/mol. The number of aryl methyl sites for hydroxylation is 1. The molecule has 15 heavy (non-hydrogen) atoms. The topological polar surface area (TPSA) is 29.1 Å². The molecule has 0 unspecified atom stereocenters. The van der Waals surface area contributed by atoms with Crippen LogP contribution in [0.3, 0.4) is 0 Å². The number of likely N-dealkylation sites (N-methyl/N-ethyl adjacent to an activating group) is 1. The molecule has 0 atom stereocenters. The molecular formula is C12H16FNO. The fourth-order valence-corrected chi connectivity index (χ4v) is 1.39. The number of alkyl halides is 1. The molecule has 2 nitrogen and oxygen atoms in total. The Labute approximate surface area is 89.5 Å². The van der Waals surface area contributed by atoms with E-state index >= 15 is 0 Å². The summed E-state index contributed by atoms with van der Waals surface area (Å²) in [4.78, 5) is 11.4. The van der Waals surface area contributed by atoms with Gasteiger partial charge in [0.15, 0.2) is 5.78 Å². The van der Waals surface area contributed by atoms with Gasteiger partial charge in [0.25, 0.3) is 0 Å². The Morgan fingerprint density at radius 1 is 1.33 bits per heavy atom. The van der Waals surface area contributed by atoms with Crippen molar-refractivity contribution in [2.45, 2.75) is 12.8 Å². The highest BCUT2D eigenvalue weighted by Crippen LogP contribution is 2.07. The first kappa shape index (κ1) is 11.9. The molecule has 3 heteroatoms. The van der Waals surface area contributed by atoms with Crippen molar-refractivity contribution in [1.82, 2.24) is 5.32 Å². The zero-order valence-electron chi connectivity index (χ0n) is 8.92. The third-order valence-electron chi connectivity index (χ3n) is 2.21. The third-order valence-corrected chi connectivity index (χ3v) is 2.21. The molecule has 1 rings (SSSR count). The van der Waals surface area contributed by atoms with Crippen molar-refractivity contribution in [3.63, 3.8) is 0 Å². The van der Waals surface area contributed by atoms with Gasteiger partial charge in [0.1, 0.15) is 0 Å². The number of rotatable bonds is 6. The SMILES string of the molecule is CNCC(=O)c1ccc(CCCF)cc1. The first-order chi connectivity index (χ1) is 7.27. The lowest BCUT2D eigenvalue weighted by molar-refractivity contribution is 0.0993. The van der Waals surface area contributed by atoms with E-state index in [2.05, 4.69) is 5.32 Å². The fraction of sp³-hybridized carbons (Fsp3) is 0.417. The number of carbonyl (C=O) groups excluding carboxylic acids is 1. The Morgan fingerprint density at radius 2 is 2.00 bits per heavy atom. The van der Waals surface area contributed by atoms with Crippen LogP contribution in [0, 0.1) is 0 Å². The second-order valence-corrected chi connectivity index (χ2v) is 3.44. The molecule has 0 aliphatic rings. The first-order valence-electron chi connectivity index (χ1n) is 5.10. The Bertz CT molecular complexity index is 308. The second kappa shape index (κ2) is 6.30. The quantitative estimate of drug-likeness (QED) is 0.726. The van der Waals surface area contributed by atoms with E-state index in [-0.39, 0.29) is 12.5 Å². The van der Waals surface area contributed by atoms with Gasteiger partial charge in [-0.25, -0.2) is 0 Å². The summed E-state index contributed by atoms with van der Waals surface area (Å²) < 4.78 is 11.9. The minimum absolute atomic E-state index is 0.0783. The number of Topliss-reactive ketones (excluding diaryl/α,β-unsaturated/α-hetero) is 1. The van der Waals surface area contributed by atoms with E-state index in [1.165, 1.54) is 0 Å². The summed E-state index contributed by atoms with van der Waals surface area (Å²) in [5.41, 5.74) is 1.78. The zero-order chi connectivity index (χ0) is 11.1. The maximum absolute atomic E-state index is 11.9. The largest absolute Gasteiger partial charge is 0.313 e. The zero-order valence-corrected chi connectivity index (χ0v) is 8.92. The highest BCUT2D eigenvalue weighted by atomic mass is 19.1. The first-order valence-corrected chi connectivity index (χ1v) is 5.10. The Kier molecular flexibility index (Phi) is 4.98. The maximum atomic E-state index is 11.9. The summed E-state index contributed by atoms with van der Waals surface area (Å²) in [6.45, 7) is 0.0598. The van der Waals surface area contributed by atoms with Crippen LogP contribution in [0.2, 0.25) is 0 Å². The van der Waals surface area contributed by atoms with Crippen LogP contribution in [0.15, 0.2) is 24.3 Å². The molecule has 0 saturated heterocycles. The lowest BCUT2D eigenvalue weighted by atomic mass is 10.1. The molecule has 1 aromatic carbocycles. The minimum atomic E-state index is -0.291. The lowest BCUT2D eigenvalue weighted by Crippen LogP contribution is -2.18. The standard InChI is InChI=1S/C12H16FNO/c1-14-9-12(15)11-6-4-10(5-7-11)3-2-8-13/h4-7,14H,2-3,8-9H2,1H3. The summed E-state index contributed by atoms with van der Waals surface area (Å²) in [5, 5.41) is 2.82. The Hall–Kier alpha value is -1.22. The van der Waals surface area contributed by atoms with Crippen molar-refractivity contribution < 1.29 is 9.18 Å². The van der Waals surface area contributed by atoms with E-state index in [0.717, 1.165) is 12.0 Å². The third kappa shape index (κ3) is 3.80. The van der Waals surface area contributed by atoms with Crippen molar-refractivity contribution in [2.24, 2.45) is 0 Å². The summed E-state index contributed by atoms with van der Waals surface area (Å²) in [6, 6.07) is 7.37. The van der Waals surface area contributed by atoms with Gasteiger partial charge in [0.2, 0.25) is 0 Å². The van der Waals surface area contributed by atoms with Gasteiger partial charge in [0, 0.05) is 5.56 Å². The normalized spacial score (nSPS) is 10.3. The van der Waals surface area contributed by atoms with Gasteiger partial charge in [-0.05, 0) is 25.5 Å². The molecule has 0 fully saturated rings. The molecule has 0 heterocycles. The van der Waals surface area contributed by atoms with Gasteiger partial charge < -0.3 is 5.32 Å². The predicted octanol–water partition coefficient (Wildman–Crippen LogP) is 1.99. The molecule has 0 aliphatic carbocycles.